The van der Waals surface area contributed by atoms with Crippen LogP contribution in [0.4, 0.5) is 0 Å². The Morgan fingerprint density at radius 1 is 1.15 bits per heavy atom. The highest BCUT2D eigenvalue weighted by Gasteiger charge is 2.17. The molecule has 0 saturated carbocycles. The van der Waals surface area contributed by atoms with Crippen LogP contribution in [-0.2, 0) is 6.42 Å². The highest BCUT2D eigenvalue weighted by atomic mass is 35.5. The SMILES string of the molecule is CCc1cc(Cl)c(C(C#N)c2ccc(Cl)cc2)cc1C. The van der Waals surface area contributed by atoms with Crippen LogP contribution in [0, 0.1) is 18.3 Å². The molecule has 1 atom stereocenters. The van der Waals surface area contributed by atoms with Crippen molar-refractivity contribution in [1.82, 2.24) is 0 Å². The molecule has 0 radical (unpaired) electrons. The van der Waals surface area contributed by atoms with E-state index in [0.29, 0.717) is 10.0 Å². The van der Waals surface area contributed by atoms with Crippen molar-refractivity contribution in [3.63, 3.8) is 0 Å². The number of hydrogen-bond donors (Lipinski definition) is 0. The molecular weight excluding hydrogens is 289 g/mol. The van der Waals surface area contributed by atoms with Crippen LogP contribution >= 0.6 is 23.2 Å². The van der Waals surface area contributed by atoms with Gasteiger partial charge in [0.05, 0.1) is 12.0 Å². The van der Waals surface area contributed by atoms with E-state index in [1.165, 1.54) is 11.1 Å². The number of rotatable bonds is 3. The second-order valence-corrected chi connectivity index (χ2v) is 5.61. The van der Waals surface area contributed by atoms with E-state index in [1.54, 1.807) is 12.1 Å². The summed E-state index contributed by atoms with van der Waals surface area (Å²) in [7, 11) is 0. The topological polar surface area (TPSA) is 23.8 Å². The number of benzene rings is 2. The maximum Gasteiger partial charge on any atom is 0.0977 e. The van der Waals surface area contributed by atoms with Gasteiger partial charge in [-0.05, 0) is 53.8 Å². The summed E-state index contributed by atoms with van der Waals surface area (Å²) in [6, 6.07) is 13.6. The Morgan fingerprint density at radius 2 is 1.80 bits per heavy atom. The van der Waals surface area contributed by atoms with E-state index in [0.717, 1.165) is 17.5 Å². The van der Waals surface area contributed by atoms with E-state index in [1.807, 2.05) is 24.3 Å². The van der Waals surface area contributed by atoms with Crippen molar-refractivity contribution in [2.24, 2.45) is 0 Å². The van der Waals surface area contributed by atoms with Gasteiger partial charge in [0.1, 0.15) is 0 Å². The zero-order valence-corrected chi connectivity index (χ0v) is 13.0. The van der Waals surface area contributed by atoms with Gasteiger partial charge in [0, 0.05) is 10.0 Å². The molecule has 0 N–H and O–H groups in total. The summed E-state index contributed by atoms with van der Waals surface area (Å²) >= 11 is 12.3. The van der Waals surface area contributed by atoms with Gasteiger partial charge < -0.3 is 0 Å². The molecule has 0 aliphatic rings. The van der Waals surface area contributed by atoms with Crippen LogP contribution in [0.25, 0.3) is 0 Å². The van der Waals surface area contributed by atoms with Crippen molar-refractivity contribution >= 4 is 23.2 Å². The Hall–Kier alpha value is -1.49. The molecule has 2 aromatic rings. The third-order valence-corrected chi connectivity index (χ3v) is 4.06. The third kappa shape index (κ3) is 2.98. The molecular formula is C17H15Cl2N. The fourth-order valence-electron chi connectivity index (χ4n) is 2.33. The Labute approximate surface area is 129 Å². The highest BCUT2D eigenvalue weighted by Crippen LogP contribution is 2.32. The minimum absolute atomic E-state index is 0.371. The molecule has 2 rings (SSSR count). The van der Waals surface area contributed by atoms with Gasteiger partial charge in [-0.2, -0.15) is 5.26 Å². The Morgan fingerprint density at radius 3 is 2.35 bits per heavy atom. The summed E-state index contributed by atoms with van der Waals surface area (Å²) in [5, 5.41) is 10.8. The molecule has 0 aromatic heterocycles. The molecule has 0 aliphatic heterocycles. The van der Waals surface area contributed by atoms with Crippen LogP contribution < -0.4 is 0 Å². The van der Waals surface area contributed by atoms with Crippen molar-refractivity contribution in [2.45, 2.75) is 26.2 Å². The lowest BCUT2D eigenvalue weighted by atomic mass is 9.90. The summed E-state index contributed by atoms with van der Waals surface area (Å²) in [6.45, 7) is 4.15. The predicted octanol–water partition coefficient (Wildman–Crippen LogP) is 5.52. The lowest BCUT2D eigenvalue weighted by Crippen LogP contribution is -2.01. The summed E-state index contributed by atoms with van der Waals surface area (Å²) in [4.78, 5) is 0. The van der Waals surface area contributed by atoms with Gasteiger partial charge in [-0.3, -0.25) is 0 Å². The first-order valence-electron chi connectivity index (χ1n) is 6.50. The molecule has 0 fully saturated rings. The van der Waals surface area contributed by atoms with E-state index in [9.17, 15) is 5.26 Å². The van der Waals surface area contributed by atoms with Crippen LogP contribution in [0.5, 0.6) is 0 Å². The minimum atomic E-state index is -0.371. The predicted molar refractivity (Wildman–Crippen MR) is 84.5 cm³/mol. The Bertz CT molecular complexity index is 654. The Balaban J connectivity index is 2.50. The fourth-order valence-corrected chi connectivity index (χ4v) is 2.75. The van der Waals surface area contributed by atoms with E-state index in [2.05, 4.69) is 19.9 Å². The van der Waals surface area contributed by atoms with Crippen LogP contribution in [0.1, 0.15) is 35.1 Å². The summed E-state index contributed by atoms with van der Waals surface area (Å²) in [5.74, 6) is -0.371. The first kappa shape index (κ1) is 14.9. The lowest BCUT2D eigenvalue weighted by molar-refractivity contribution is 1.02. The smallest absolute Gasteiger partial charge is 0.0977 e. The normalized spacial score (nSPS) is 11.9. The highest BCUT2D eigenvalue weighted by molar-refractivity contribution is 6.31. The van der Waals surface area contributed by atoms with Crippen molar-refractivity contribution in [2.75, 3.05) is 0 Å². The van der Waals surface area contributed by atoms with Crippen LogP contribution in [0.15, 0.2) is 36.4 Å². The third-order valence-electron chi connectivity index (χ3n) is 3.48. The van der Waals surface area contributed by atoms with Crippen LogP contribution in [-0.4, -0.2) is 0 Å². The largest absolute Gasteiger partial charge is 0.197 e. The first-order valence-corrected chi connectivity index (χ1v) is 7.26. The van der Waals surface area contributed by atoms with E-state index in [4.69, 9.17) is 23.2 Å². The minimum Gasteiger partial charge on any atom is -0.197 e. The zero-order valence-electron chi connectivity index (χ0n) is 11.5. The molecule has 1 unspecified atom stereocenters. The molecule has 0 spiro atoms. The van der Waals surface area contributed by atoms with E-state index < -0.39 is 0 Å². The number of hydrogen-bond acceptors (Lipinski definition) is 1. The van der Waals surface area contributed by atoms with Crippen LogP contribution in [0.3, 0.4) is 0 Å². The molecule has 1 nitrogen and oxygen atoms in total. The van der Waals surface area contributed by atoms with Gasteiger partial charge in [-0.1, -0.05) is 48.3 Å². The maximum atomic E-state index is 9.50. The number of aryl methyl sites for hydroxylation is 2. The maximum absolute atomic E-state index is 9.50. The molecule has 3 heteroatoms. The summed E-state index contributed by atoms with van der Waals surface area (Å²) in [5.41, 5.74) is 4.14. The molecule has 2 aromatic carbocycles. The fraction of sp³-hybridized carbons (Fsp3) is 0.235. The van der Waals surface area contributed by atoms with Gasteiger partial charge in [-0.25, -0.2) is 0 Å². The van der Waals surface area contributed by atoms with Crippen molar-refractivity contribution in [1.29, 1.82) is 5.26 Å². The van der Waals surface area contributed by atoms with Crippen LogP contribution in [0.2, 0.25) is 10.0 Å². The van der Waals surface area contributed by atoms with E-state index in [-0.39, 0.29) is 5.92 Å². The second kappa shape index (κ2) is 6.31. The first-order chi connectivity index (χ1) is 9.56. The summed E-state index contributed by atoms with van der Waals surface area (Å²) < 4.78 is 0. The van der Waals surface area contributed by atoms with Gasteiger partial charge in [0.2, 0.25) is 0 Å². The Kier molecular flexibility index (Phi) is 4.70. The monoisotopic (exact) mass is 303 g/mol. The molecule has 102 valence electrons. The van der Waals surface area contributed by atoms with E-state index >= 15 is 0 Å². The van der Waals surface area contributed by atoms with Gasteiger partial charge in [0.15, 0.2) is 0 Å². The molecule has 0 bridgehead atoms. The zero-order chi connectivity index (χ0) is 14.7. The molecule has 0 amide bonds. The molecule has 0 aliphatic carbocycles. The van der Waals surface area contributed by atoms with Gasteiger partial charge in [-0.15, -0.1) is 0 Å². The van der Waals surface area contributed by atoms with Crippen molar-refractivity contribution in [3.8, 4) is 6.07 Å². The standard InChI is InChI=1S/C17H15Cl2N/c1-3-12-9-17(19)15(8-11(12)2)16(10-20)13-4-6-14(18)7-5-13/h4-9,16H,3H2,1-2H3. The lowest BCUT2D eigenvalue weighted by Gasteiger charge is -2.15. The summed E-state index contributed by atoms with van der Waals surface area (Å²) in [6.07, 6.45) is 0.935. The number of nitrogens with zero attached hydrogens (tertiary/aromatic N) is 1. The number of nitriles is 1. The quantitative estimate of drug-likeness (QED) is 0.732. The average Bonchev–Trinajstić information content (AvgIpc) is 2.45. The van der Waals surface area contributed by atoms with Gasteiger partial charge >= 0.3 is 0 Å². The second-order valence-electron chi connectivity index (χ2n) is 4.77. The van der Waals surface area contributed by atoms with Gasteiger partial charge in [0.25, 0.3) is 0 Å². The average molecular weight is 304 g/mol. The molecule has 0 heterocycles. The van der Waals surface area contributed by atoms with Crippen molar-refractivity contribution < 1.29 is 0 Å². The van der Waals surface area contributed by atoms with Crippen molar-refractivity contribution in [3.05, 3.63) is 68.7 Å². The molecule has 20 heavy (non-hydrogen) atoms. The number of halogens is 2. The molecule has 0 saturated heterocycles.